The van der Waals surface area contributed by atoms with Crippen LogP contribution in [-0.4, -0.2) is 95.9 Å². The Labute approximate surface area is 550 Å². The normalized spacial score (nSPS) is 15.0. The summed E-state index contributed by atoms with van der Waals surface area (Å²) in [4.78, 5) is 58.4. The molecule has 0 amide bonds. The lowest BCUT2D eigenvalue weighted by Crippen LogP contribution is -2.30. The van der Waals surface area contributed by atoms with E-state index in [0.717, 1.165) is 167 Å². The molecule has 0 aliphatic rings. The van der Waals surface area contributed by atoms with E-state index < -0.39 is 91.5 Å². The van der Waals surface area contributed by atoms with Crippen LogP contribution < -0.4 is 0 Å². The molecule has 0 aromatic heterocycles. The minimum absolute atomic E-state index is 0.0832. The van der Waals surface area contributed by atoms with Crippen molar-refractivity contribution in [1.82, 2.24) is 0 Å². The highest BCUT2D eigenvalue weighted by Crippen LogP contribution is 2.45. The summed E-state index contributed by atoms with van der Waals surface area (Å²) in [6.45, 7) is 2.34. The number of unbranched alkanes of at least 4 members (excludes halogenated alkanes) is 19. The summed E-state index contributed by atoms with van der Waals surface area (Å²) < 4.78 is 60.8. The Balaban J connectivity index is 4.65. The van der Waals surface area contributed by atoms with Gasteiger partial charge in [-0.05, 0) is 135 Å². The lowest BCUT2D eigenvalue weighted by Gasteiger charge is -2.21. The van der Waals surface area contributed by atoms with Crippen molar-refractivity contribution < 1.29 is 75.8 Å². The molecule has 0 aromatic carbocycles. The SMILES string of the molecule is CC/C=C\C/C=C\C/C=C\C/C=C\C/C=C\CCCCCCCCCC(=O)OCC(O)COP(=O)(O)OCC(O)COP(=O)(O)OCC(COC(=O)CCCCC/C=C\C/C=C\C/C=C\C/C=C\C/C=C\CC)OC(=O)CCCCCCC/C=C\CCCCCC. The molecule has 0 aliphatic carbocycles. The average Bonchev–Trinajstić information content (AvgIpc) is 3.74. The van der Waals surface area contributed by atoms with Crippen LogP contribution >= 0.6 is 15.6 Å². The number of rotatable bonds is 64. The molecule has 4 N–H and O–H groups in total. The molecular weight excluding hydrogens is 1190 g/mol. The Morgan fingerprint density at radius 1 is 0.319 bits per heavy atom. The van der Waals surface area contributed by atoms with Gasteiger partial charge in [0.25, 0.3) is 0 Å². The second-order valence-corrected chi connectivity index (χ2v) is 25.5. The van der Waals surface area contributed by atoms with Gasteiger partial charge < -0.3 is 34.2 Å². The number of carbonyl (C=O) groups is 3. The zero-order chi connectivity index (χ0) is 66.7. The molecule has 5 atom stereocenters. The molecule has 0 aromatic rings. The monoisotopic (exact) mass is 1320 g/mol. The van der Waals surface area contributed by atoms with Crippen LogP contribution in [0.15, 0.2) is 134 Å². The van der Waals surface area contributed by atoms with E-state index in [1.165, 1.54) is 25.7 Å². The summed E-state index contributed by atoms with van der Waals surface area (Å²) in [6.07, 6.45) is 76.5. The standard InChI is InChI=1S/C73H122O16P2/c1-4-7-10-13-16-19-22-25-27-29-31-32-33-34-36-38-39-42-44-47-50-53-56-59-71(76)83-62-68(74)63-85-90(79,80)86-64-69(75)65-87-91(81,82)88-67-70(89-73(78)61-58-55-52-49-46-41-24-21-18-15-12-9-6-3)66-84-72(77)60-57-54-51-48-45-43-40-37-35-30-28-26-23-20-17-14-11-8-5-2/h7-8,10-11,16-17,19-21,24-28,31-32,34-37,43,45,68-70,74-75H,4-6,9,12-15,18,22-23,29-30,33,38-42,44,46-67H2,1-3H3,(H,79,80)(H,81,82)/b10-7-,11-8-,19-16-,20-17-,24-21-,27-25-,28-26-,32-31-,36-34-,37-35-,45-43-. The van der Waals surface area contributed by atoms with Gasteiger partial charge in [-0.15, -0.1) is 0 Å². The van der Waals surface area contributed by atoms with Crippen LogP contribution in [0.2, 0.25) is 0 Å². The van der Waals surface area contributed by atoms with E-state index in [1.54, 1.807) is 0 Å². The number of phosphoric ester groups is 2. The van der Waals surface area contributed by atoms with Gasteiger partial charge in [0, 0.05) is 19.3 Å². The van der Waals surface area contributed by atoms with Crippen LogP contribution in [0.5, 0.6) is 0 Å². The van der Waals surface area contributed by atoms with Crippen LogP contribution in [0.25, 0.3) is 0 Å². The first-order chi connectivity index (χ1) is 44.2. The maximum Gasteiger partial charge on any atom is 0.472 e. The summed E-state index contributed by atoms with van der Waals surface area (Å²) in [7, 11) is -9.80. The van der Waals surface area contributed by atoms with Crippen molar-refractivity contribution in [2.24, 2.45) is 0 Å². The molecule has 0 heterocycles. The number of ether oxygens (including phenoxy) is 3. The Morgan fingerprint density at radius 3 is 0.945 bits per heavy atom. The first kappa shape index (κ1) is 86.7. The molecule has 0 fully saturated rings. The van der Waals surface area contributed by atoms with E-state index in [-0.39, 0.29) is 19.3 Å². The molecule has 0 radical (unpaired) electrons. The number of esters is 3. The topological polar surface area (TPSA) is 231 Å². The van der Waals surface area contributed by atoms with Gasteiger partial charge in [0.05, 0.1) is 26.4 Å². The Hall–Kier alpha value is -4.31. The first-order valence-corrected chi connectivity index (χ1v) is 37.5. The lowest BCUT2D eigenvalue weighted by molar-refractivity contribution is -0.161. The smallest absolute Gasteiger partial charge is 0.463 e. The highest BCUT2D eigenvalue weighted by atomic mass is 31.2. The molecule has 18 heteroatoms. The van der Waals surface area contributed by atoms with Crippen molar-refractivity contribution in [2.75, 3.05) is 39.6 Å². The molecule has 0 saturated carbocycles. The van der Waals surface area contributed by atoms with Crippen molar-refractivity contribution >= 4 is 33.6 Å². The number of aliphatic hydroxyl groups excluding tert-OH is 2. The molecule has 0 aliphatic heterocycles. The van der Waals surface area contributed by atoms with Crippen LogP contribution in [0.1, 0.15) is 252 Å². The first-order valence-electron chi connectivity index (χ1n) is 34.5. The van der Waals surface area contributed by atoms with E-state index in [0.29, 0.717) is 19.3 Å². The van der Waals surface area contributed by atoms with Crippen molar-refractivity contribution in [2.45, 2.75) is 270 Å². The van der Waals surface area contributed by atoms with Gasteiger partial charge in [-0.3, -0.25) is 32.5 Å². The molecule has 16 nitrogen and oxygen atoms in total. The van der Waals surface area contributed by atoms with E-state index in [9.17, 15) is 43.5 Å². The van der Waals surface area contributed by atoms with Crippen LogP contribution in [0.3, 0.4) is 0 Å². The molecule has 5 unspecified atom stereocenters. The van der Waals surface area contributed by atoms with E-state index in [4.69, 9.17) is 32.3 Å². The summed E-state index contributed by atoms with van der Waals surface area (Å²) in [5.74, 6) is -1.64. The molecule has 0 rings (SSSR count). The lowest BCUT2D eigenvalue weighted by atomic mass is 10.1. The van der Waals surface area contributed by atoms with Crippen LogP contribution in [0, 0.1) is 0 Å². The predicted molar refractivity (Wildman–Crippen MR) is 371 cm³/mol. The van der Waals surface area contributed by atoms with Gasteiger partial charge in [-0.1, -0.05) is 231 Å². The van der Waals surface area contributed by atoms with Crippen molar-refractivity contribution in [3.05, 3.63) is 134 Å². The van der Waals surface area contributed by atoms with Gasteiger partial charge in [-0.2, -0.15) is 0 Å². The molecule has 0 spiro atoms. The minimum Gasteiger partial charge on any atom is -0.463 e. The van der Waals surface area contributed by atoms with Crippen molar-refractivity contribution in [1.29, 1.82) is 0 Å². The van der Waals surface area contributed by atoms with E-state index in [1.807, 2.05) is 0 Å². The molecular formula is C73H122O16P2. The highest BCUT2D eigenvalue weighted by molar-refractivity contribution is 7.47. The zero-order valence-corrected chi connectivity index (χ0v) is 58.0. The molecule has 520 valence electrons. The van der Waals surface area contributed by atoms with Gasteiger partial charge >= 0.3 is 33.6 Å². The summed E-state index contributed by atoms with van der Waals surface area (Å²) in [5.41, 5.74) is 0. The van der Waals surface area contributed by atoms with Crippen molar-refractivity contribution in [3.63, 3.8) is 0 Å². The summed E-state index contributed by atoms with van der Waals surface area (Å²) in [6, 6.07) is 0. The van der Waals surface area contributed by atoms with E-state index in [2.05, 4.69) is 154 Å². The Bertz CT molecular complexity index is 2190. The van der Waals surface area contributed by atoms with Gasteiger partial charge in [0.1, 0.15) is 25.4 Å². The van der Waals surface area contributed by atoms with Crippen LogP contribution in [0.4, 0.5) is 0 Å². The second kappa shape index (κ2) is 65.7. The Morgan fingerprint density at radius 2 is 0.582 bits per heavy atom. The van der Waals surface area contributed by atoms with Crippen molar-refractivity contribution in [3.8, 4) is 0 Å². The third-order valence-corrected chi connectivity index (χ3v) is 15.7. The minimum atomic E-state index is -4.94. The number of carbonyl (C=O) groups excluding carboxylic acids is 3. The Kier molecular flexibility index (Phi) is 62.6. The number of aliphatic hydroxyl groups is 2. The fourth-order valence-electron chi connectivity index (χ4n) is 8.62. The number of hydrogen-bond donors (Lipinski definition) is 4. The molecule has 0 bridgehead atoms. The largest absolute Gasteiger partial charge is 0.472 e. The fraction of sp³-hybridized carbons (Fsp3) is 0.658. The zero-order valence-electron chi connectivity index (χ0n) is 56.2. The van der Waals surface area contributed by atoms with Gasteiger partial charge in [0.15, 0.2) is 6.10 Å². The fourth-order valence-corrected chi connectivity index (χ4v) is 10.2. The van der Waals surface area contributed by atoms with Crippen LogP contribution in [-0.2, 0) is 55.8 Å². The third-order valence-electron chi connectivity index (χ3n) is 13.8. The molecule has 91 heavy (non-hydrogen) atoms. The average molecular weight is 1320 g/mol. The summed E-state index contributed by atoms with van der Waals surface area (Å²) >= 11 is 0. The quantitative estimate of drug-likeness (QED) is 0.0146. The highest BCUT2D eigenvalue weighted by Gasteiger charge is 2.29. The van der Waals surface area contributed by atoms with Gasteiger partial charge in [-0.25, -0.2) is 9.13 Å². The number of phosphoric acid groups is 2. The maximum absolute atomic E-state index is 12.9. The number of hydrogen-bond acceptors (Lipinski definition) is 14. The summed E-state index contributed by atoms with van der Waals surface area (Å²) in [5, 5.41) is 20.5. The number of allylic oxidation sites excluding steroid dienone is 22. The molecule has 0 saturated heterocycles. The second-order valence-electron chi connectivity index (χ2n) is 22.6. The third kappa shape index (κ3) is 66.9. The maximum atomic E-state index is 12.9. The predicted octanol–water partition coefficient (Wildman–Crippen LogP) is 19.2. The van der Waals surface area contributed by atoms with E-state index >= 15 is 0 Å². The van der Waals surface area contributed by atoms with Gasteiger partial charge in [0.2, 0.25) is 0 Å².